The van der Waals surface area contributed by atoms with Gasteiger partial charge in [0.25, 0.3) is 0 Å². The first-order valence-electron chi connectivity index (χ1n) is 11.5. The lowest BCUT2D eigenvalue weighted by Gasteiger charge is -2.23. The molecule has 2 unspecified atom stereocenters. The van der Waals surface area contributed by atoms with Gasteiger partial charge in [-0.25, -0.2) is 9.55 Å². The summed E-state index contributed by atoms with van der Waals surface area (Å²) in [6, 6.07) is 5.63. The highest BCUT2D eigenvalue weighted by molar-refractivity contribution is 7.52. The minimum Gasteiger partial charge on any atom is -0.480 e. The fraction of sp³-hybridized carbons (Fsp3) is 0.391. The number of hydrogen-bond donors (Lipinski definition) is 3. The van der Waals surface area contributed by atoms with Crippen molar-refractivity contribution in [2.45, 2.75) is 25.4 Å². The maximum Gasteiger partial charge on any atom is 0.459 e. The molecule has 3 aromatic rings. The number of aliphatic carboxylic acids is 1. The van der Waals surface area contributed by atoms with E-state index in [2.05, 4.69) is 20.0 Å². The first-order chi connectivity index (χ1) is 17.6. The second-order valence-electron chi connectivity index (χ2n) is 8.83. The van der Waals surface area contributed by atoms with Gasteiger partial charge in [-0.2, -0.15) is 15.1 Å². The van der Waals surface area contributed by atoms with Crippen LogP contribution in [0.15, 0.2) is 42.7 Å². The number of nitrogen functional groups attached to an aromatic ring is 1. The maximum atomic E-state index is 13.6. The molecule has 0 saturated heterocycles. The summed E-state index contributed by atoms with van der Waals surface area (Å²) < 4.78 is 32.1. The Kier molecular flexibility index (Phi) is 7.67. The van der Waals surface area contributed by atoms with Gasteiger partial charge in [-0.05, 0) is 37.6 Å². The van der Waals surface area contributed by atoms with E-state index in [-0.39, 0.29) is 30.3 Å². The smallest absolute Gasteiger partial charge is 0.459 e. The predicted octanol–water partition coefficient (Wildman–Crippen LogP) is 2.87. The van der Waals surface area contributed by atoms with Gasteiger partial charge in [0.05, 0.1) is 26.1 Å². The number of imidazole rings is 1. The van der Waals surface area contributed by atoms with Crippen molar-refractivity contribution in [2.24, 2.45) is 5.92 Å². The molecule has 0 radical (unpaired) electrons. The molecular formula is C23H30N7O6P. The van der Waals surface area contributed by atoms with Gasteiger partial charge in [-0.3, -0.25) is 9.32 Å². The Morgan fingerprint density at radius 1 is 1.30 bits per heavy atom. The van der Waals surface area contributed by atoms with Crippen LogP contribution in [0, 0.1) is 5.92 Å². The average molecular weight is 532 g/mol. The van der Waals surface area contributed by atoms with Gasteiger partial charge in [0, 0.05) is 25.7 Å². The van der Waals surface area contributed by atoms with Crippen LogP contribution >= 0.6 is 7.75 Å². The Labute approximate surface area is 213 Å². The number of carboxylic acid groups (broad SMARTS) is 1. The van der Waals surface area contributed by atoms with Gasteiger partial charge >= 0.3 is 13.7 Å². The second kappa shape index (κ2) is 10.8. The van der Waals surface area contributed by atoms with Gasteiger partial charge in [-0.1, -0.05) is 12.2 Å². The number of hydrogen-bond acceptors (Lipinski definition) is 10. The molecule has 4 atom stereocenters. The van der Waals surface area contributed by atoms with E-state index in [1.165, 1.54) is 14.0 Å². The summed E-state index contributed by atoms with van der Waals surface area (Å²) >= 11 is 0. The zero-order chi connectivity index (χ0) is 26.7. The molecule has 2 heterocycles. The maximum absolute atomic E-state index is 13.6. The quantitative estimate of drug-likeness (QED) is 0.245. The molecule has 13 nitrogen and oxygen atoms in total. The van der Waals surface area contributed by atoms with Crippen molar-refractivity contribution in [3.63, 3.8) is 0 Å². The van der Waals surface area contributed by atoms with Crippen molar-refractivity contribution in [1.82, 2.24) is 24.6 Å². The number of methoxy groups -OCH3 is 1. The number of fused-ring (bicyclic) bond motifs is 1. The van der Waals surface area contributed by atoms with E-state index in [0.29, 0.717) is 23.5 Å². The molecule has 0 bridgehead atoms. The first-order valence-corrected chi connectivity index (χ1v) is 13.1. The third-order valence-corrected chi connectivity index (χ3v) is 7.51. The van der Waals surface area contributed by atoms with Crippen LogP contribution in [0.25, 0.3) is 11.2 Å². The van der Waals surface area contributed by atoms with Crippen LogP contribution in [0.5, 0.6) is 11.6 Å². The summed E-state index contributed by atoms with van der Waals surface area (Å²) in [6.45, 7) is 1.40. The van der Waals surface area contributed by atoms with E-state index in [4.69, 9.17) is 19.5 Å². The highest BCUT2D eigenvalue weighted by Gasteiger charge is 2.33. The molecule has 2 aromatic heterocycles. The number of nitrogens with two attached hydrogens (primary N) is 1. The Hall–Kier alpha value is -3.67. The zero-order valence-corrected chi connectivity index (χ0v) is 21.8. The molecule has 14 heteroatoms. The Bertz CT molecular complexity index is 1340. The third-order valence-electron chi connectivity index (χ3n) is 5.87. The molecule has 1 aliphatic rings. The summed E-state index contributed by atoms with van der Waals surface area (Å²) in [6.07, 6.45) is 6.15. The molecule has 0 fully saturated rings. The van der Waals surface area contributed by atoms with Crippen LogP contribution in [0.4, 0.5) is 11.6 Å². The molecule has 1 aromatic carbocycles. The molecule has 37 heavy (non-hydrogen) atoms. The molecule has 0 spiro atoms. The monoisotopic (exact) mass is 531 g/mol. The molecule has 0 saturated carbocycles. The number of ether oxygens (including phenoxy) is 1. The van der Waals surface area contributed by atoms with E-state index in [0.717, 1.165) is 5.69 Å². The van der Waals surface area contributed by atoms with Crippen LogP contribution in [0.1, 0.15) is 19.4 Å². The van der Waals surface area contributed by atoms with Crippen molar-refractivity contribution in [1.29, 1.82) is 0 Å². The van der Waals surface area contributed by atoms with Gasteiger partial charge in [0.1, 0.15) is 11.8 Å². The van der Waals surface area contributed by atoms with Crippen molar-refractivity contribution in [3.05, 3.63) is 42.7 Å². The lowest BCUT2D eigenvalue weighted by atomic mass is 10.1. The molecular weight excluding hydrogens is 501 g/mol. The third kappa shape index (κ3) is 6.01. The van der Waals surface area contributed by atoms with E-state index in [9.17, 15) is 14.5 Å². The largest absolute Gasteiger partial charge is 0.480 e. The molecule has 0 amide bonds. The van der Waals surface area contributed by atoms with Crippen LogP contribution < -0.4 is 25.0 Å². The van der Waals surface area contributed by atoms with Crippen molar-refractivity contribution >= 4 is 36.5 Å². The fourth-order valence-electron chi connectivity index (χ4n) is 3.89. The number of carboxylic acids is 1. The summed E-state index contributed by atoms with van der Waals surface area (Å²) in [5.41, 5.74) is 7.77. The second-order valence-corrected chi connectivity index (χ2v) is 10.5. The summed E-state index contributed by atoms with van der Waals surface area (Å²) in [5, 5.41) is 11.8. The van der Waals surface area contributed by atoms with Gasteiger partial charge in [0.15, 0.2) is 11.2 Å². The molecule has 0 aliphatic heterocycles. The van der Waals surface area contributed by atoms with Gasteiger partial charge in [-0.15, -0.1) is 0 Å². The molecule has 198 valence electrons. The number of nitrogens with zero attached hydrogens (tertiary/aromatic N) is 5. The first kappa shape index (κ1) is 26.4. The number of nitrogens with one attached hydrogen (secondary N) is 1. The number of carbonyl (C=O) groups is 1. The Balaban J connectivity index is 1.46. The Morgan fingerprint density at radius 3 is 2.68 bits per heavy atom. The van der Waals surface area contributed by atoms with Gasteiger partial charge in [0.2, 0.25) is 11.8 Å². The van der Waals surface area contributed by atoms with Crippen LogP contribution in [0.2, 0.25) is 0 Å². The topological polar surface area (TPSA) is 167 Å². The Morgan fingerprint density at radius 2 is 2.03 bits per heavy atom. The highest BCUT2D eigenvalue weighted by Crippen LogP contribution is 2.46. The molecule has 1 aliphatic carbocycles. The molecule has 4 N–H and O–H groups in total. The minimum atomic E-state index is -4.03. The van der Waals surface area contributed by atoms with Crippen molar-refractivity contribution < 1.29 is 28.3 Å². The number of aromatic nitrogens is 4. The van der Waals surface area contributed by atoms with E-state index in [1.807, 2.05) is 35.7 Å². The predicted molar refractivity (Wildman–Crippen MR) is 138 cm³/mol. The number of allylic oxidation sites excluding steroid dienone is 1. The van der Waals surface area contributed by atoms with Crippen LogP contribution in [-0.4, -0.2) is 64.4 Å². The number of rotatable bonds is 11. The number of anilines is 2. The van der Waals surface area contributed by atoms with E-state index >= 15 is 0 Å². The van der Waals surface area contributed by atoms with E-state index in [1.54, 1.807) is 30.6 Å². The fourth-order valence-corrected chi connectivity index (χ4v) is 5.45. The lowest BCUT2D eigenvalue weighted by molar-refractivity contribution is -0.138. The van der Waals surface area contributed by atoms with E-state index < -0.39 is 19.8 Å². The minimum absolute atomic E-state index is 0.0342. The summed E-state index contributed by atoms with van der Waals surface area (Å²) in [7, 11) is 1.25. The van der Waals surface area contributed by atoms with Crippen molar-refractivity contribution in [2.75, 3.05) is 38.4 Å². The summed E-state index contributed by atoms with van der Waals surface area (Å²) in [4.78, 5) is 26.0. The number of benzene rings is 1. The average Bonchev–Trinajstić information content (AvgIpc) is 3.49. The SMILES string of the molecule is COc1nc(N)nc2c1ncn2[C@H]1C=C[C@@H](COP(=O)(NC(C)C(=O)O)Oc2ccc(N(C)C)cc2)C1. The van der Waals surface area contributed by atoms with Crippen LogP contribution in [0.3, 0.4) is 0 Å². The lowest BCUT2D eigenvalue weighted by Crippen LogP contribution is -2.33. The molecule has 4 rings (SSSR count). The normalized spacial score (nSPS) is 19.5. The highest BCUT2D eigenvalue weighted by atomic mass is 31.2. The van der Waals surface area contributed by atoms with Gasteiger partial charge < -0.3 is 29.6 Å². The van der Waals surface area contributed by atoms with Crippen molar-refractivity contribution in [3.8, 4) is 11.6 Å². The zero-order valence-electron chi connectivity index (χ0n) is 20.9. The summed E-state index contributed by atoms with van der Waals surface area (Å²) in [5.74, 6) is -0.657. The standard InChI is InChI=1S/C23H30N7O6P/c1-14(22(31)32)28-37(33,36-18-9-7-16(8-10-18)29(2)3)35-12-15-5-6-17(11-15)30-13-25-19-20(30)26-23(24)27-21(19)34-4/h5-10,13-15,17H,11-12H2,1-4H3,(H,28,33)(H,31,32)(H2,24,26,27)/t14?,15-,17+,37?/m1/s1. The van der Waals surface area contributed by atoms with Crippen LogP contribution in [-0.2, 0) is 13.9 Å².